The van der Waals surface area contributed by atoms with Gasteiger partial charge in [0.25, 0.3) is 5.91 Å². The summed E-state index contributed by atoms with van der Waals surface area (Å²) in [5.74, 6) is 0.637. The zero-order chi connectivity index (χ0) is 20.2. The molecule has 146 valence electrons. The van der Waals surface area contributed by atoms with E-state index < -0.39 is 0 Å². The Morgan fingerprint density at radius 1 is 1.17 bits per heavy atom. The number of hydrogen-bond acceptors (Lipinski definition) is 6. The van der Waals surface area contributed by atoms with Gasteiger partial charge in [0.1, 0.15) is 5.75 Å². The van der Waals surface area contributed by atoms with Crippen molar-refractivity contribution in [1.29, 1.82) is 0 Å². The van der Waals surface area contributed by atoms with E-state index in [1.807, 2.05) is 60.8 Å². The van der Waals surface area contributed by atoms with Crippen LogP contribution < -0.4 is 9.64 Å². The SMILES string of the molecule is COc1ccc2nc(N(Cc3ccccc3)C(=O)/C=C/c3csc(C)n3)sc2c1. The lowest BCUT2D eigenvalue weighted by Crippen LogP contribution is -2.28. The van der Waals surface area contributed by atoms with Crippen molar-refractivity contribution in [2.45, 2.75) is 13.5 Å². The maximum Gasteiger partial charge on any atom is 0.253 e. The Hall–Kier alpha value is -3.03. The first-order valence-corrected chi connectivity index (χ1v) is 10.7. The van der Waals surface area contributed by atoms with Gasteiger partial charge in [-0.2, -0.15) is 0 Å². The molecule has 0 aliphatic heterocycles. The Labute approximate surface area is 176 Å². The minimum absolute atomic E-state index is 0.134. The standard InChI is InChI=1S/C22H19N3O2S2/c1-15-23-17(14-28-15)8-11-21(26)25(13-16-6-4-3-5-7-16)22-24-19-10-9-18(27-2)12-20(19)29-22/h3-12,14H,13H2,1-2H3/b11-8+. The molecule has 0 N–H and O–H groups in total. The fraction of sp³-hybridized carbons (Fsp3) is 0.136. The molecular weight excluding hydrogens is 402 g/mol. The quantitative estimate of drug-likeness (QED) is 0.396. The van der Waals surface area contributed by atoms with Crippen molar-refractivity contribution >= 4 is 50.0 Å². The number of methoxy groups -OCH3 is 1. The Bertz CT molecular complexity index is 1170. The molecule has 4 rings (SSSR count). The van der Waals surface area contributed by atoms with Gasteiger partial charge < -0.3 is 4.74 Å². The minimum atomic E-state index is -0.134. The number of aromatic nitrogens is 2. The molecule has 2 heterocycles. The number of anilines is 1. The molecule has 1 amide bonds. The van der Waals surface area contributed by atoms with Gasteiger partial charge in [-0.05, 0) is 36.8 Å². The summed E-state index contributed by atoms with van der Waals surface area (Å²) in [6.07, 6.45) is 3.31. The number of rotatable bonds is 6. The topological polar surface area (TPSA) is 55.3 Å². The summed E-state index contributed by atoms with van der Waals surface area (Å²) < 4.78 is 6.28. The number of benzene rings is 2. The molecule has 29 heavy (non-hydrogen) atoms. The average molecular weight is 422 g/mol. The highest BCUT2D eigenvalue weighted by Crippen LogP contribution is 2.32. The van der Waals surface area contributed by atoms with Crippen LogP contribution in [-0.2, 0) is 11.3 Å². The summed E-state index contributed by atoms with van der Waals surface area (Å²) in [4.78, 5) is 23.9. The molecule has 4 aromatic rings. The molecule has 0 saturated heterocycles. The van der Waals surface area contributed by atoms with Crippen molar-refractivity contribution in [3.05, 3.63) is 76.3 Å². The molecule has 2 aromatic heterocycles. The zero-order valence-electron chi connectivity index (χ0n) is 16.0. The second-order valence-electron chi connectivity index (χ2n) is 6.36. The first-order chi connectivity index (χ1) is 14.1. The molecular formula is C22H19N3O2S2. The van der Waals surface area contributed by atoms with E-state index in [0.29, 0.717) is 11.7 Å². The normalized spacial score (nSPS) is 11.2. The number of aryl methyl sites for hydroxylation is 1. The lowest BCUT2D eigenvalue weighted by molar-refractivity contribution is -0.114. The predicted octanol–water partition coefficient (Wildman–Crippen LogP) is 5.32. The van der Waals surface area contributed by atoms with Crippen molar-refractivity contribution in [3.63, 3.8) is 0 Å². The van der Waals surface area contributed by atoms with Crippen LogP contribution in [0, 0.1) is 6.92 Å². The fourth-order valence-electron chi connectivity index (χ4n) is 2.84. The van der Waals surface area contributed by atoms with E-state index in [1.165, 1.54) is 11.3 Å². The van der Waals surface area contributed by atoms with E-state index in [4.69, 9.17) is 4.74 Å². The predicted molar refractivity (Wildman–Crippen MR) is 120 cm³/mol. The highest BCUT2D eigenvalue weighted by atomic mass is 32.1. The van der Waals surface area contributed by atoms with Crippen LogP contribution in [0.15, 0.2) is 60.0 Å². The zero-order valence-corrected chi connectivity index (χ0v) is 17.7. The molecule has 0 fully saturated rings. The lowest BCUT2D eigenvalue weighted by atomic mass is 10.2. The number of hydrogen-bond donors (Lipinski definition) is 0. The van der Waals surface area contributed by atoms with Gasteiger partial charge in [0, 0.05) is 11.5 Å². The van der Waals surface area contributed by atoms with Crippen LogP contribution in [0.3, 0.4) is 0 Å². The van der Waals surface area contributed by atoms with Crippen molar-refractivity contribution in [2.75, 3.05) is 12.0 Å². The molecule has 5 nitrogen and oxygen atoms in total. The monoisotopic (exact) mass is 421 g/mol. The van der Waals surface area contributed by atoms with Gasteiger partial charge in [0.2, 0.25) is 0 Å². The van der Waals surface area contributed by atoms with E-state index in [-0.39, 0.29) is 5.91 Å². The number of nitrogens with zero attached hydrogens (tertiary/aromatic N) is 3. The van der Waals surface area contributed by atoms with Crippen molar-refractivity contribution in [2.24, 2.45) is 0 Å². The van der Waals surface area contributed by atoms with E-state index in [1.54, 1.807) is 35.5 Å². The number of amides is 1. The minimum Gasteiger partial charge on any atom is -0.497 e. The van der Waals surface area contributed by atoms with E-state index >= 15 is 0 Å². The molecule has 0 unspecified atom stereocenters. The maximum atomic E-state index is 13.1. The van der Waals surface area contributed by atoms with Crippen LogP contribution >= 0.6 is 22.7 Å². The van der Waals surface area contributed by atoms with Crippen molar-refractivity contribution < 1.29 is 9.53 Å². The molecule has 2 aromatic carbocycles. The molecule has 0 atom stereocenters. The van der Waals surface area contributed by atoms with Gasteiger partial charge in [-0.15, -0.1) is 11.3 Å². The second-order valence-corrected chi connectivity index (χ2v) is 8.44. The number of thiazole rings is 2. The third-order valence-electron chi connectivity index (χ3n) is 4.30. The van der Waals surface area contributed by atoms with Crippen LogP contribution in [0.25, 0.3) is 16.3 Å². The summed E-state index contributed by atoms with van der Waals surface area (Å²) in [6, 6.07) is 15.6. The van der Waals surface area contributed by atoms with Gasteiger partial charge in [-0.25, -0.2) is 9.97 Å². The van der Waals surface area contributed by atoms with E-state index in [2.05, 4.69) is 9.97 Å². The summed E-state index contributed by atoms with van der Waals surface area (Å²) in [5, 5.41) is 3.56. The smallest absolute Gasteiger partial charge is 0.253 e. The van der Waals surface area contributed by atoms with E-state index in [0.717, 1.165) is 32.2 Å². The highest BCUT2D eigenvalue weighted by molar-refractivity contribution is 7.22. The van der Waals surface area contributed by atoms with E-state index in [9.17, 15) is 4.79 Å². The molecule has 7 heteroatoms. The van der Waals surface area contributed by atoms with Gasteiger partial charge in [0.05, 0.1) is 34.6 Å². The molecule has 0 bridgehead atoms. The molecule has 0 saturated carbocycles. The number of carbonyl (C=O) groups excluding carboxylic acids is 1. The number of ether oxygens (including phenoxy) is 1. The molecule has 0 spiro atoms. The van der Waals surface area contributed by atoms with Crippen LogP contribution in [0.1, 0.15) is 16.3 Å². The Morgan fingerprint density at radius 2 is 2.00 bits per heavy atom. The Balaban J connectivity index is 1.67. The molecule has 0 aliphatic rings. The number of carbonyl (C=O) groups is 1. The largest absolute Gasteiger partial charge is 0.497 e. The summed E-state index contributed by atoms with van der Waals surface area (Å²) in [7, 11) is 1.64. The third kappa shape index (κ3) is 4.52. The first kappa shape index (κ1) is 19.3. The average Bonchev–Trinajstić information content (AvgIpc) is 3.36. The van der Waals surface area contributed by atoms with Crippen molar-refractivity contribution in [1.82, 2.24) is 9.97 Å². The second kappa shape index (κ2) is 8.55. The summed E-state index contributed by atoms with van der Waals surface area (Å²) in [5.41, 5.74) is 2.67. The molecule has 0 aliphatic carbocycles. The summed E-state index contributed by atoms with van der Waals surface area (Å²) >= 11 is 3.04. The lowest BCUT2D eigenvalue weighted by Gasteiger charge is -2.18. The van der Waals surface area contributed by atoms with Crippen LogP contribution in [0.4, 0.5) is 5.13 Å². The first-order valence-electron chi connectivity index (χ1n) is 9.02. The van der Waals surface area contributed by atoms with Gasteiger partial charge in [-0.1, -0.05) is 41.7 Å². The summed E-state index contributed by atoms with van der Waals surface area (Å²) in [6.45, 7) is 2.39. The van der Waals surface area contributed by atoms with Crippen LogP contribution in [0.2, 0.25) is 0 Å². The van der Waals surface area contributed by atoms with Crippen molar-refractivity contribution in [3.8, 4) is 5.75 Å². The molecule has 0 radical (unpaired) electrons. The third-order valence-corrected chi connectivity index (χ3v) is 6.13. The van der Waals surface area contributed by atoms with Gasteiger partial charge in [-0.3, -0.25) is 9.69 Å². The van der Waals surface area contributed by atoms with Crippen LogP contribution in [-0.4, -0.2) is 23.0 Å². The van der Waals surface area contributed by atoms with Gasteiger partial charge >= 0.3 is 0 Å². The highest BCUT2D eigenvalue weighted by Gasteiger charge is 2.19. The van der Waals surface area contributed by atoms with Crippen LogP contribution in [0.5, 0.6) is 5.75 Å². The van der Waals surface area contributed by atoms with Gasteiger partial charge in [0.15, 0.2) is 5.13 Å². The fourth-order valence-corrected chi connectivity index (χ4v) is 4.42. The Kier molecular flexibility index (Phi) is 5.69. The maximum absolute atomic E-state index is 13.1. The number of fused-ring (bicyclic) bond motifs is 1. The Morgan fingerprint density at radius 3 is 2.72 bits per heavy atom.